The van der Waals surface area contributed by atoms with Gasteiger partial charge in [0.1, 0.15) is 0 Å². The van der Waals surface area contributed by atoms with Gasteiger partial charge in [-0.2, -0.15) is 0 Å². The molecule has 2 fully saturated rings. The minimum Gasteiger partial charge on any atom is -0.0885 e. The Bertz CT molecular complexity index is 135. The van der Waals surface area contributed by atoms with E-state index >= 15 is 0 Å². The molecule has 2 rings (SSSR count). The SMILES string of the molecule is CC1C2CCC(C2)C(C)C1Br. The molecular weight excluding hydrogens is 200 g/mol. The highest BCUT2D eigenvalue weighted by molar-refractivity contribution is 9.09. The van der Waals surface area contributed by atoms with Crippen LogP contribution in [-0.4, -0.2) is 4.83 Å². The van der Waals surface area contributed by atoms with Gasteiger partial charge in [-0.25, -0.2) is 0 Å². The molecule has 0 amide bonds. The molecule has 4 atom stereocenters. The van der Waals surface area contributed by atoms with E-state index < -0.39 is 0 Å². The summed E-state index contributed by atoms with van der Waals surface area (Å²) in [4.78, 5) is 0.800. The molecule has 0 aromatic heterocycles. The van der Waals surface area contributed by atoms with E-state index in [-0.39, 0.29) is 0 Å². The molecule has 64 valence electrons. The molecule has 0 radical (unpaired) electrons. The Labute approximate surface area is 77.9 Å². The predicted molar refractivity (Wildman–Crippen MR) is 51.9 cm³/mol. The minimum atomic E-state index is 0.800. The van der Waals surface area contributed by atoms with Gasteiger partial charge in [0.05, 0.1) is 0 Å². The largest absolute Gasteiger partial charge is 0.0885 e. The van der Waals surface area contributed by atoms with E-state index in [9.17, 15) is 0 Å². The third kappa shape index (κ3) is 1.16. The maximum Gasteiger partial charge on any atom is 0.0202 e. The highest BCUT2D eigenvalue weighted by Gasteiger charge is 2.42. The fourth-order valence-electron chi connectivity index (χ4n) is 3.01. The summed E-state index contributed by atoms with van der Waals surface area (Å²) in [5, 5.41) is 0. The molecule has 1 heteroatoms. The number of rotatable bonds is 0. The molecule has 0 saturated heterocycles. The molecule has 2 aliphatic rings. The topological polar surface area (TPSA) is 0 Å². The van der Waals surface area contributed by atoms with Crippen molar-refractivity contribution in [3.05, 3.63) is 0 Å². The Morgan fingerprint density at radius 2 is 1.45 bits per heavy atom. The second kappa shape index (κ2) is 2.76. The minimum absolute atomic E-state index is 0.800. The Balaban J connectivity index is 2.16. The fourth-order valence-corrected chi connectivity index (χ4v) is 3.87. The van der Waals surface area contributed by atoms with Crippen LogP contribution in [0.1, 0.15) is 33.1 Å². The van der Waals surface area contributed by atoms with Gasteiger partial charge >= 0.3 is 0 Å². The van der Waals surface area contributed by atoms with Crippen molar-refractivity contribution in [3.8, 4) is 0 Å². The molecular formula is C10H17Br. The highest BCUT2D eigenvalue weighted by Crippen LogP contribution is 2.50. The smallest absolute Gasteiger partial charge is 0.0202 e. The van der Waals surface area contributed by atoms with E-state index in [1.165, 1.54) is 19.3 Å². The van der Waals surface area contributed by atoms with Gasteiger partial charge in [-0.1, -0.05) is 29.8 Å². The lowest BCUT2D eigenvalue weighted by atomic mass is 9.75. The Kier molecular flexibility index (Phi) is 2.03. The monoisotopic (exact) mass is 216 g/mol. The van der Waals surface area contributed by atoms with E-state index in [1.807, 2.05) is 0 Å². The van der Waals surface area contributed by atoms with Crippen LogP contribution >= 0.6 is 15.9 Å². The Morgan fingerprint density at radius 3 is 1.91 bits per heavy atom. The van der Waals surface area contributed by atoms with Crippen molar-refractivity contribution in [1.82, 2.24) is 0 Å². The summed E-state index contributed by atoms with van der Waals surface area (Å²) in [6.45, 7) is 4.84. The molecule has 0 nitrogen and oxygen atoms in total. The molecule has 2 aliphatic carbocycles. The lowest BCUT2D eigenvalue weighted by Gasteiger charge is -2.36. The molecule has 0 spiro atoms. The summed E-state index contributed by atoms with van der Waals surface area (Å²) >= 11 is 3.84. The third-order valence-electron chi connectivity index (χ3n) is 4.01. The van der Waals surface area contributed by atoms with Crippen LogP contribution in [0.4, 0.5) is 0 Å². The first-order chi connectivity index (χ1) is 5.20. The van der Waals surface area contributed by atoms with E-state index in [2.05, 4.69) is 29.8 Å². The standard InChI is InChI=1S/C10H17Br/c1-6-8-3-4-9(5-8)7(2)10(6)11/h6-10H,3-5H2,1-2H3. The summed E-state index contributed by atoms with van der Waals surface area (Å²) in [6, 6.07) is 0. The number of hydrogen-bond donors (Lipinski definition) is 0. The van der Waals surface area contributed by atoms with Gasteiger partial charge in [-0.05, 0) is 42.9 Å². The summed E-state index contributed by atoms with van der Waals surface area (Å²) in [5.41, 5.74) is 0. The van der Waals surface area contributed by atoms with Gasteiger partial charge in [0.25, 0.3) is 0 Å². The van der Waals surface area contributed by atoms with Gasteiger partial charge < -0.3 is 0 Å². The predicted octanol–water partition coefficient (Wildman–Crippen LogP) is 3.45. The molecule has 0 heterocycles. The summed E-state index contributed by atoms with van der Waals surface area (Å²) in [5.74, 6) is 3.92. The van der Waals surface area contributed by atoms with Gasteiger partial charge in [0.2, 0.25) is 0 Å². The first kappa shape index (κ1) is 8.10. The molecule has 0 aromatic rings. The number of fused-ring (bicyclic) bond motifs is 2. The second-order valence-corrected chi connectivity index (χ2v) is 5.55. The van der Waals surface area contributed by atoms with E-state index in [4.69, 9.17) is 0 Å². The zero-order valence-electron chi connectivity index (χ0n) is 7.39. The molecule has 0 N–H and O–H groups in total. The van der Waals surface area contributed by atoms with Crippen molar-refractivity contribution in [3.63, 3.8) is 0 Å². The lowest BCUT2D eigenvalue weighted by molar-refractivity contribution is 0.212. The Hall–Kier alpha value is 0.480. The average Bonchev–Trinajstić information content (AvgIpc) is 2.44. The van der Waals surface area contributed by atoms with Crippen LogP contribution < -0.4 is 0 Å². The van der Waals surface area contributed by atoms with Crippen molar-refractivity contribution >= 4 is 15.9 Å². The number of hydrogen-bond acceptors (Lipinski definition) is 0. The Morgan fingerprint density at radius 1 is 1.00 bits per heavy atom. The third-order valence-corrected chi connectivity index (χ3v) is 5.67. The fraction of sp³-hybridized carbons (Fsp3) is 1.00. The quantitative estimate of drug-likeness (QED) is 0.545. The van der Waals surface area contributed by atoms with Crippen molar-refractivity contribution in [1.29, 1.82) is 0 Å². The van der Waals surface area contributed by atoms with Crippen molar-refractivity contribution in [2.45, 2.75) is 37.9 Å². The average molecular weight is 217 g/mol. The first-order valence-electron chi connectivity index (χ1n) is 4.84. The van der Waals surface area contributed by atoms with Crippen LogP contribution in [0.25, 0.3) is 0 Å². The van der Waals surface area contributed by atoms with E-state index in [1.54, 1.807) is 0 Å². The van der Waals surface area contributed by atoms with Crippen LogP contribution in [0.15, 0.2) is 0 Å². The second-order valence-electron chi connectivity index (χ2n) is 4.50. The van der Waals surface area contributed by atoms with Crippen molar-refractivity contribution in [2.75, 3.05) is 0 Å². The van der Waals surface area contributed by atoms with Crippen LogP contribution in [0.2, 0.25) is 0 Å². The maximum absolute atomic E-state index is 3.84. The molecule has 0 aromatic carbocycles. The molecule has 2 bridgehead atoms. The maximum atomic E-state index is 3.84. The highest BCUT2D eigenvalue weighted by atomic mass is 79.9. The van der Waals surface area contributed by atoms with Crippen LogP contribution in [-0.2, 0) is 0 Å². The van der Waals surface area contributed by atoms with Gasteiger partial charge in [0, 0.05) is 4.83 Å². The molecule has 2 saturated carbocycles. The van der Waals surface area contributed by atoms with Crippen molar-refractivity contribution < 1.29 is 0 Å². The van der Waals surface area contributed by atoms with Gasteiger partial charge in [0.15, 0.2) is 0 Å². The first-order valence-corrected chi connectivity index (χ1v) is 5.75. The zero-order chi connectivity index (χ0) is 8.01. The summed E-state index contributed by atoms with van der Waals surface area (Å²) < 4.78 is 0. The molecule has 11 heavy (non-hydrogen) atoms. The summed E-state index contributed by atoms with van der Waals surface area (Å²) in [7, 11) is 0. The van der Waals surface area contributed by atoms with Crippen LogP contribution in [0.5, 0.6) is 0 Å². The van der Waals surface area contributed by atoms with Crippen LogP contribution in [0.3, 0.4) is 0 Å². The lowest BCUT2D eigenvalue weighted by Crippen LogP contribution is -2.32. The number of halogens is 1. The molecule has 0 aliphatic heterocycles. The molecule has 4 unspecified atom stereocenters. The van der Waals surface area contributed by atoms with E-state index in [0.717, 1.165) is 28.5 Å². The van der Waals surface area contributed by atoms with Crippen LogP contribution in [0, 0.1) is 23.7 Å². The normalized spacial score (nSPS) is 56.5. The van der Waals surface area contributed by atoms with Gasteiger partial charge in [-0.3, -0.25) is 0 Å². The van der Waals surface area contributed by atoms with Crippen molar-refractivity contribution in [2.24, 2.45) is 23.7 Å². The van der Waals surface area contributed by atoms with E-state index in [0.29, 0.717) is 0 Å². The zero-order valence-corrected chi connectivity index (χ0v) is 8.97. The number of alkyl halides is 1. The van der Waals surface area contributed by atoms with Gasteiger partial charge in [-0.15, -0.1) is 0 Å². The summed E-state index contributed by atoms with van der Waals surface area (Å²) in [6.07, 6.45) is 4.51.